The van der Waals surface area contributed by atoms with Crippen molar-refractivity contribution in [2.24, 2.45) is 0 Å². The third-order valence-corrected chi connectivity index (χ3v) is 5.24. The van der Waals surface area contributed by atoms with Gasteiger partial charge in [0, 0.05) is 5.41 Å². The smallest absolute Gasteiger partial charge is 0.115 e. The fourth-order valence-electron chi connectivity index (χ4n) is 3.48. The quantitative estimate of drug-likeness (QED) is 0.554. The Bertz CT molecular complexity index is 785. The van der Waals surface area contributed by atoms with Crippen molar-refractivity contribution in [2.45, 2.75) is 38.5 Å². The standard InChI is InChI=1S/C24H26O2/c1-3-4-5-18-6-8-19(9-7-18)24(2,20-10-14-22(25)15-11-20)21-12-16-23(26)17-13-21/h6-17,25-26H,3-5H2,1-2H3. The Kier molecular flexibility index (Phi) is 5.32. The molecular weight excluding hydrogens is 320 g/mol. The zero-order valence-electron chi connectivity index (χ0n) is 15.4. The normalized spacial score (nSPS) is 11.5. The Morgan fingerprint density at radius 1 is 0.654 bits per heavy atom. The van der Waals surface area contributed by atoms with E-state index in [1.807, 2.05) is 24.3 Å². The van der Waals surface area contributed by atoms with Gasteiger partial charge < -0.3 is 10.2 Å². The van der Waals surface area contributed by atoms with Gasteiger partial charge in [-0.15, -0.1) is 0 Å². The number of aromatic hydroxyl groups is 2. The molecule has 2 N–H and O–H groups in total. The van der Waals surface area contributed by atoms with Gasteiger partial charge in [-0.1, -0.05) is 61.9 Å². The van der Waals surface area contributed by atoms with Crippen molar-refractivity contribution in [1.82, 2.24) is 0 Å². The Hall–Kier alpha value is -2.74. The molecule has 0 fully saturated rings. The van der Waals surface area contributed by atoms with Gasteiger partial charge in [-0.2, -0.15) is 0 Å². The third-order valence-electron chi connectivity index (χ3n) is 5.24. The van der Waals surface area contributed by atoms with Crippen LogP contribution in [0.3, 0.4) is 0 Å². The summed E-state index contributed by atoms with van der Waals surface area (Å²) in [6, 6.07) is 23.6. The van der Waals surface area contributed by atoms with Gasteiger partial charge in [0.15, 0.2) is 0 Å². The average Bonchev–Trinajstić information content (AvgIpc) is 2.67. The van der Waals surface area contributed by atoms with E-state index in [1.165, 1.54) is 24.0 Å². The number of phenolic OH excluding ortho intramolecular Hbond substituents is 2. The van der Waals surface area contributed by atoms with Crippen molar-refractivity contribution >= 4 is 0 Å². The molecule has 0 radical (unpaired) electrons. The first-order valence-corrected chi connectivity index (χ1v) is 9.22. The lowest BCUT2D eigenvalue weighted by molar-refractivity contribution is 0.474. The number of hydrogen-bond donors (Lipinski definition) is 2. The van der Waals surface area contributed by atoms with Gasteiger partial charge >= 0.3 is 0 Å². The van der Waals surface area contributed by atoms with E-state index < -0.39 is 0 Å². The van der Waals surface area contributed by atoms with Crippen LogP contribution < -0.4 is 0 Å². The molecule has 134 valence electrons. The van der Waals surface area contributed by atoms with Crippen LogP contribution in [-0.4, -0.2) is 10.2 Å². The zero-order chi connectivity index (χ0) is 18.6. The van der Waals surface area contributed by atoms with Gasteiger partial charge in [-0.25, -0.2) is 0 Å². The lowest BCUT2D eigenvalue weighted by Crippen LogP contribution is -2.25. The molecule has 0 spiro atoms. The van der Waals surface area contributed by atoms with Crippen LogP contribution in [0.15, 0.2) is 72.8 Å². The van der Waals surface area contributed by atoms with Crippen LogP contribution in [0, 0.1) is 0 Å². The van der Waals surface area contributed by atoms with Crippen LogP contribution in [0.4, 0.5) is 0 Å². The summed E-state index contributed by atoms with van der Waals surface area (Å²) < 4.78 is 0. The maximum Gasteiger partial charge on any atom is 0.115 e. The maximum absolute atomic E-state index is 9.69. The van der Waals surface area contributed by atoms with E-state index in [4.69, 9.17) is 0 Å². The van der Waals surface area contributed by atoms with Crippen LogP contribution >= 0.6 is 0 Å². The first kappa shape index (κ1) is 18.1. The number of phenols is 2. The maximum atomic E-state index is 9.69. The van der Waals surface area contributed by atoms with Crippen molar-refractivity contribution < 1.29 is 10.2 Å². The molecule has 3 aromatic carbocycles. The summed E-state index contributed by atoms with van der Waals surface area (Å²) in [5.74, 6) is 0.522. The van der Waals surface area contributed by atoms with Gasteiger partial charge in [0.25, 0.3) is 0 Å². The number of benzene rings is 3. The van der Waals surface area contributed by atoms with Crippen LogP contribution in [0.25, 0.3) is 0 Å². The van der Waals surface area contributed by atoms with Crippen LogP contribution in [-0.2, 0) is 11.8 Å². The average molecular weight is 346 g/mol. The molecule has 0 atom stereocenters. The van der Waals surface area contributed by atoms with Gasteiger partial charge in [0.1, 0.15) is 11.5 Å². The molecule has 0 aliphatic heterocycles. The second-order valence-electron chi connectivity index (χ2n) is 7.02. The SMILES string of the molecule is CCCCc1ccc(C(C)(c2ccc(O)cc2)c2ccc(O)cc2)cc1. The van der Waals surface area contributed by atoms with Crippen molar-refractivity contribution in [2.75, 3.05) is 0 Å². The second-order valence-corrected chi connectivity index (χ2v) is 7.02. The Morgan fingerprint density at radius 2 is 1.04 bits per heavy atom. The molecular formula is C24H26O2. The predicted octanol–water partition coefficient (Wildman–Crippen LogP) is 5.79. The summed E-state index contributed by atoms with van der Waals surface area (Å²) in [7, 11) is 0. The molecule has 0 aliphatic rings. The predicted molar refractivity (Wildman–Crippen MR) is 107 cm³/mol. The van der Waals surface area contributed by atoms with E-state index in [-0.39, 0.29) is 16.9 Å². The van der Waals surface area contributed by atoms with E-state index in [0.29, 0.717) is 0 Å². The lowest BCUT2D eigenvalue weighted by atomic mass is 9.71. The summed E-state index contributed by atoms with van der Waals surface area (Å²) in [5, 5.41) is 19.4. The zero-order valence-corrected chi connectivity index (χ0v) is 15.4. The first-order chi connectivity index (χ1) is 12.5. The number of aryl methyl sites for hydroxylation is 1. The minimum atomic E-state index is -0.370. The van der Waals surface area contributed by atoms with Gasteiger partial charge in [0.05, 0.1) is 0 Å². The minimum absolute atomic E-state index is 0.261. The fraction of sp³-hybridized carbons (Fsp3) is 0.250. The lowest BCUT2D eigenvalue weighted by Gasteiger charge is -2.32. The Labute approximate surface area is 155 Å². The molecule has 0 heterocycles. The highest BCUT2D eigenvalue weighted by molar-refractivity contribution is 5.51. The third kappa shape index (κ3) is 3.60. The largest absolute Gasteiger partial charge is 0.508 e. The van der Waals surface area contributed by atoms with Gasteiger partial charge in [-0.3, -0.25) is 0 Å². The molecule has 3 rings (SSSR count). The van der Waals surface area contributed by atoms with Crippen LogP contribution in [0.1, 0.15) is 48.9 Å². The molecule has 0 unspecified atom stereocenters. The number of hydrogen-bond acceptors (Lipinski definition) is 2. The summed E-state index contributed by atoms with van der Waals surface area (Å²) in [6.45, 7) is 4.40. The summed E-state index contributed by atoms with van der Waals surface area (Å²) in [6.07, 6.45) is 3.50. The second kappa shape index (κ2) is 7.65. The topological polar surface area (TPSA) is 40.5 Å². The molecule has 26 heavy (non-hydrogen) atoms. The van der Waals surface area contributed by atoms with E-state index in [2.05, 4.69) is 38.1 Å². The van der Waals surface area contributed by atoms with E-state index >= 15 is 0 Å². The number of rotatable bonds is 6. The van der Waals surface area contributed by atoms with Gasteiger partial charge in [-0.05, 0) is 66.3 Å². The molecule has 2 heteroatoms. The highest BCUT2D eigenvalue weighted by Gasteiger charge is 2.31. The monoisotopic (exact) mass is 346 g/mol. The summed E-state index contributed by atoms with van der Waals surface area (Å²) in [5.41, 5.74) is 4.37. The minimum Gasteiger partial charge on any atom is -0.508 e. The van der Waals surface area contributed by atoms with Crippen LogP contribution in [0.5, 0.6) is 11.5 Å². The first-order valence-electron chi connectivity index (χ1n) is 9.22. The van der Waals surface area contributed by atoms with Crippen molar-refractivity contribution in [3.8, 4) is 11.5 Å². The van der Waals surface area contributed by atoms with E-state index in [9.17, 15) is 10.2 Å². The Balaban J connectivity index is 2.08. The molecule has 3 aromatic rings. The van der Waals surface area contributed by atoms with Crippen molar-refractivity contribution in [3.05, 3.63) is 95.1 Å². The molecule has 0 aliphatic carbocycles. The molecule has 0 amide bonds. The summed E-state index contributed by atoms with van der Waals surface area (Å²) in [4.78, 5) is 0. The van der Waals surface area contributed by atoms with Crippen molar-refractivity contribution in [1.29, 1.82) is 0 Å². The van der Waals surface area contributed by atoms with Crippen LogP contribution in [0.2, 0.25) is 0 Å². The molecule has 0 aromatic heterocycles. The molecule has 0 bridgehead atoms. The van der Waals surface area contributed by atoms with Gasteiger partial charge in [0.2, 0.25) is 0 Å². The van der Waals surface area contributed by atoms with E-state index in [0.717, 1.165) is 17.5 Å². The summed E-state index contributed by atoms with van der Waals surface area (Å²) >= 11 is 0. The fourth-order valence-corrected chi connectivity index (χ4v) is 3.48. The molecule has 2 nitrogen and oxygen atoms in total. The highest BCUT2D eigenvalue weighted by Crippen LogP contribution is 2.40. The van der Waals surface area contributed by atoms with E-state index in [1.54, 1.807) is 24.3 Å². The molecule has 0 saturated carbocycles. The van der Waals surface area contributed by atoms with Crippen molar-refractivity contribution in [3.63, 3.8) is 0 Å². The highest BCUT2D eigenvalue weighted by atomic mass is 16.3. The molecule has 0 saturated heterocycles. The number of unbranched alkanes of at least 4 members (excludes halogenated alkanes) is 1. The Morgan fingerprint density at radius 3 is 1.42 bits per heavy atom.